The van der Waals surface area contributed by atoms with Crippen molar-refractivity contribution in [2.75, 3.05) is 18.0 Å². The lowest BCUT2D eigenvalue weighted by Gasteiger charge is -2.36. The summed E-state index contributed by atoms with van der Waals surface area (Å²) < 4.78 is 0. The molecule has 0 saturated carbocycles. The Morgan fingerprint density at radius 3 is 2.14 bits per heavy atom. The minimum Gasteiger partial charge on any atom is -0.372 e. The lowest BCUT2D eigenvalue weighted by Crippen LogP contribution is -2.35. The molecule has 3 atom stereocenters. The maximum absolute atomic E-state index is 5.74. The van der Waals surface area contributed by atoms with Gasteiger partial charge in [0.15, 0.2) is 0 Å². The fraction of sp³-hybridized carbons (Fsp3) is 0.529. The lowest BCUT2D eigenvalue weighted by molar-refractivity contribution is 0.321. The molecule has 0 amide bonds. The minimum atomic E-state index is 0.455. The standard InChI is InChI=1S/C28H35N.C4H6.C2H6/c1-5-22(6-2)23-15-17-29(18-16-23)26-12-10-24(11-13-26)28-21(4)8-9-25-19-20(3)7-14-27(25)28;1-3-4-2;1-2/h1,7,10-14,19,21-23,28H,6,8-9,15-18H2,2-4H3;1-2H3;1-2H3. The topological polar surface area (TPSA) is 3.24 Å². The van der Waals surface area contributed by atoms with Gasteiger partial charge in [-0.1, -0.05) is 63.6 Å². The van der Waals surface area contributed by atoms with Gasteiger partial charge in [-0.25, -0.2) is 0 Å². The molecular formula is C34H47N. The SMILES string of the molecule is C#CC(CC)C1CCN(c2ccc(C3c4ccc(C)cc4CCC3C)cc2)CC1.CC.CC#CC. The second-order valence-electron chi connectivity index (χ2n) is 9.79. The van der Waals surface area contributed by atoms with E-state index in [1.54, 1.807) is 11.1 Å². The Bertz CT molecular complexity index is 984. The third-order valence-corrected chi connectivity index (χ3v) is 7.70. The highest BCUT2D eigenvalue weighted by Crippen LogP contribution is 2.41. The van der Waals surface area contributed by atoms with E-state index < -0.39 is 0 Å². The van der Waals surface area contributed by atoms with Crippen LogP contribution in [0.5, 0.6) is 0 Å². The first kappa shape index (κ1) is 28.6. The zero-order chi connectivity index (χ0) is 25.8. The second kappa shape index (κ2) is 14.7. The number of terminal acetylenes is 1. The monoisotopic (exact) mass is 469 g/mol. The van der Waals surface area contributed by atoms with E-state index >= 15 is 0 Å². The van der Waals surface area contributed by atoms with Crippen LogP contribution in [0, 0.1) is 48.9 Å². The van der Waals surface area contributed by atoms with E-state index in [1.807, 2.05) is 27.7 Å². The van der Waals surface area contributed by atoms with Gasteiger partial charge in [0.2, 0.25) is 0 Å². The average molecular weight is 470 g/mol. The van der Waals surface area contributed by atoms with Crippen LogP contribution in [-0.4, -0.2) is 13.1 Å². The minimum absolute atomic E-state index is 0.455. The van der Waals surface area contributed by atoms with Gasteiger partial charge in [0.25, 0.3) is 0 Å². The van der Waals surface area contributed by atoms with Crippen molar-refractivity contribution in [3.05, 3.63) is 64.7 Å². The van der Waals surface area contributed by atoms with Crippen molar-refractivity contribution in [3.8, 4) is 24.2 Å². The summed E-state index contributed by atoms with van der Waals surface area (Å²) in [4.78, 5) is 2.55. The third-order valence-electron chi connectivity index (χ3n) is 7.70. The van der Waals surface area contributed by atoms with E-state index in [2.05, 4.69) is 85.9 Å². The van der Waals surface area contributed by atoms with Gasteiger partial charge in [-0.05, 0) is 93.5 Å². The Hall–Kier alpha value is -2.64. The Morgan fingerprint density at radius 2 is 1.60 bits per heavy atom. The fourth-order valence-electron chi connectivity index (χ4n) is 5.66. The van der Waals surface area contributed by atoms with Crippen molar-refractivity contribution in [1.82, 2.24) is 0 Å². The molecule has 4 rings (SSSR count). The summed E-state index contributed by atoms with van der Waals surface area (Å²) in [5.41, 5.74) is 7.32. The van der Waals surface area contributed by atoms with Crippen LogP contribution in [0.3, 0.4) is 0 Å². The zero-order valence-corrected chi connectivity index (χ0v) is 23.3. The average Bonchev–Trinajstić information content (AvgIpc) is 2.91. The third kappa shape index (κ3) is 7.42. The Balaban J connectivity index is 0.000000655. The van der Waals surface area contributed by atoms with E-state index in [4.69, 9.17) is 6.42 Å². The first-order valence-electron chi connectivity index (χ1n) is 13.8. The van der Waals surface area contributed by atoms with Crippen LogP contribution in [-0.2, 0) is 6.42 Å². The molecule has 3 unspecified atom stereocenters. The zero-order valence-electron chi connectivity index (χ0n) is 23.3. The second-order valence-corrected chi connectivity index (χ2v) is 9.79. The predicted molar refractivity (Wildman–Crippen MR) is 155 cm³/mol. The molecule has 0 spiro atoms. The summed E-state index contributed by atoms with van der Waals surface area (Å²) in [5.74, 6) is 10.8. The molecule has 2 aromatic carbocycles. The van der Waals surface area contributed by atoms with Crippen LogP contribution in [0.25, 0.3) is 0 Å². The maximum atomic E-state index is 5.74. The number of anilines is 1. The molecule has 1 heteroatoms. The molecule has 2 aliphatic rings. The molecule has 1 saturated heterocycles. The molecule has 0 N–H and O–H groups in total. The Kier molecular flexibility index (Phi) is 12.0. The normalized spacial score (nSPS) is 19.9. The first-order valence-corrected chi connectivity index (χ1v) is 13.8. The highest BCUT2D eigenvalue weighted by atomic mass is 15.1. The Morgan fingerprint density at radius 1 is 0.971 bits per heavy atom. The molecule has 1 heterocycles. The quantitative estimate of drug-likeness (QED) is 0.405. The van der Waals surface area contributed by atoms with Gasteiger partial charge in [0.1, 0.15) is 0 Å². The summed E-state index contributed by atoms with van der Waals surface area (Å²) in [6.07, 6.45) is 11.8. The predicted octanol–water partition coefficient (Wildman–Crippen LogP) is 8.64. The van der Waals surface area contributed by atoms with Gasteiger partial charge in [0.05, 0.1) is 0 Å². The summed E-state index contributed by atoms with van der Waals surface area (Å²) in [7, 11) is 0. The van der Waals surface area contributed by atoms with Crippen LogP contribution in [0.4, 0.5) is 5.69 Å². The molecule has 1 aliphatic heterocycles. The number of nitrogens with zero attached hydrogens (tertiary/aromatic N) is 1. The number of rotatable bonds is 4. The largest absolute Gasteiger partial charge is 0.372 e. The van der Waals surface area contributed by atoms with Crippen molar-refractivity contribution >= 4 is 5.69 Å². The fourth-order valence-corrected chi connectivity index (χ4v) is 5.66. The van der Waals surface area contributed by atoms with Crippen LogP contribution < -0.4 is 4.90 Å². The van der Waals surface area contributed by atoms with Crippen molar-refractivity contribution in [2.24, 2.45) is 17.8 Å². The van der Waals surface area contributed by atoms with Gasteiger partial charge in [-0.15, -0.1) is 24.2 Å². The number of fused-ring (bicyclic) bond motifs is 1. The summed E-state index contributed by atoms with van der Waals surface area (Å²) in [5, 5.41) is 0. The van der Waals surface area contributed by atoms with E-state index in [-0.39, 0.29) is 0 Å². The van der Waals surface area contributed by atoms with Gasteiger partial charge >= 0.3 is 0 Å². The van der Waals surface area contributed by atoms with Crippen LogP contribution in [0.15, 0.2) is 42.5 Å². The summed E-state index contributed by atoms with van der Waals surface area (Å²) in [6, 6.07) is 16.5. The molecule has 188 valence electrons. The smallest absolute Gasteiger partial charge is 0.0366 e. The van der Waals surface area contributed by atoms with Crippen molar-refractivity contribution in [3.63, 3.8) is 0 Å². The van der Waals surface area contributed by atoms with Crippen molar-refractivity contribution < 1.29 is 0 Å². The first-order chi connectivity index (χ1) is 17.0. The number of hydrogen-bond acceptors (Lipinski definition) is 1. The van der Waals surface area contributed by atoms with E-state index in [9.17, 15) is 0 Å². The van der Waals surface area contributed by atoms with E-state index in [0.29, 0.717) is 23.7 Å². The highest BCUT2D eigenvalue weighted by molar-refractivity contribution is 5.51. The summed E-state index contributed by atoms with van der Waals surface area (Å²) in [6.45, 7) is 16.7. The lowest BCUT2D eigenvalue weighted by atomic mass is 9.72. The molecule has 2 aromatic rings. The molecule has 1 fully saturated rings. The number of benzene rings is 2. The number of hydrogen-bond donors (Lipinski definition) is 0. The van der Waals surface area contributed by atoms with Gasteiger partial charge < -0.3 is 4.90 Å². The number of piperidine rings is 1. The van der Waals surface area contributed by atoms with Crippen LogP contribution in [0.1, 0.15) is 95.4 Å². The van der Waals surface area contributed by atoms with Crippen LogP contribution >= 0.6 is 0 Å². The molecule has 1 nitrogen and oxygen atoms in total. The van der Waals surface area contributed by atoms with Crippen LogP contribution in [0.2, 0.25) is 0 Å². The maximum Gasteiger partial charge on any atom is 0.0366 e. The van der Waals surface area contributed by atoms with Gasteiger partial charge in [-0.2, -0.15) is 0 Å². The molecule has 1 aliphatic carbocycles. The molecular weight excluding hydrogens is 422 g/mol. The van der Waals surface area contributed by atoms with Crippen molar-refractivity contribution in [2.45, 2.75) is 86.5 Å². The van der Waals surface area contributed by atoms with E-state index in [0.717, 1.165) is 19.5 Å². The van der Waals surface area contributed by atoms with Gasteiger partial charge in [-0.3, -0.25) is 0 Å². The highest BCUT2D eigenvalue weighted by Gasteiger charge is 2.28. The molecule has 0 aromatic heterocycles. The molecule has 35 heavy (non-hydrogen) atoms. The Labute approximate surface area is 216 Å². The van der Waals surface area contributed by atoms with E-state index in [1.165, 1.54) is 42.5 Å². The molecule has 0 radical (unpaired) electrons. The van der Waals surface area contributed by atoms with Crippen molar-refractivity contribution in [1.29, 1.82) is 0 Å². The molecule has 0 bridgehead atoms. The number of aryl methyl sites for hydroxylation is 2. The van der Waals surface area contributed by atoms with Gasteiger partial charge in [0, 0.05) is 30.6 Å². The summed E-state index contributed by atoms with van der Waals surface area (Å²) >= 11 is 0.